The minimum Gasteiger partial charge on any atom is -0.350 e. The van der Waals surface area contributed by atoms with E-state index >= 15 is 0 Å². The Labute approximate surface area is 200 Å². The number of hydrogen-bond acceptors (Lipinski definition) is 7. The summed E-state index contributed by atoms with van der Waals surface area (Å²) in [7, 11) is -2.86. The van der Waals surface area contributed by atoms with Crippen molar-refractivity contribution in [2.24, 2.45) is 0 Å². The molecule has 0 unspecified atom stereocenters. The van der Waals surface area contributed by atoms with Crippen LogP contribution in [0.25, 0.3) is 22.3 Å². The number of nitriles is 1. The van der Waals surface area contributed by atoms with Gasteiger partial charge >= 0.3 is 6.18 Å². The molecule has 2 aromatic heterocycles. The third-order valence-corrected chi connectivity index (χ3v) is 10.2. The van der Waals surface area contributed by atoms with E-state index in [1.165, 1.54) is 6.07 Å². The molecule has 0 radical (unpaired) electrons. The third kappa shape index (κ3) is 4.19. The zero-order chi connectivity index (χ0) is 24.8. The predicted octanol–water partition coefficient (Wildman–Crippen LogP) is 4.24. The quantitative estimate of drug-likeness (QED) is 0.431. The van der Waals surface area contributed by atoms with E-state index in [1.807, 2.05) is 6.92 Å². The molecule has 184 valence electrons. The van der Waals surface area contributed by atoms with E-state index in [-0.39, 0.29) is 40.5 Å². The average molecular weight is 503 g/mol. The van der Waals surface area contributed by atoms with E-state index in [2.05, 4.69) is 36.9 Å². The number of H-pyrrole nitrogens is 1. The first kappa shape index (κ1) is 23.8. The van der Waals surface area contributed by atoms with Crippen LogP contribution in [-0.2, 0) is 10.7 Å². The number of halogens is 3. The van der Waals surface area contributed by atoms with Gasteiger partial charge in [-0.1, -0.05) is 6.92 Å². The van der Waals surface area contributed by atoms with E-state index in [0.29, 0.717) is 23.0 Å². The molecular formula is C23H25F3N7OP. The molecule has 0 spiro atoms. The molecule has 1 aliphatic heterocycles. The minimum atomic E-state index is -4.69. The van der Waals surface area contributed by atoms with Crippen molar-refractivity contribution in [1.82, 2.24) is 25.5 Å². The summed E-state index contributed by atoms with van der Waals surface area (Å²) >= 11 is 0. The van der Waals surface area contributed by atoms with Crippen molar-refractivity contribution >= 4 is 29.3 Å². The van der Waals surface area contributed by atoms with Crippen LogP contribution in [0.3, 0.4) is 0 Å². The lowest BCUT2D eigenvalue weighted by Gasteiger charge is -2.37. The van der Waals surface area contributed by atoms with Crippen molar-refractivity contribution in [2.75, 3.05) is 24.2 Å². The Morgan fingerprint density at radius 3 is 2.60 bits per heavy atom. The van der Waals surface area contributed by atoms with Crippen molar-refractivity contribution in [3.05, 3.63) is 29.5 Å². The van der Waals surface area contributed by atoms with Crippen LogP contribution in [0.4, 0.5) is 19.1 Å². The number of aromatic amines is 1. The van der Waals surface area contributed by atoms with Gasteiger partial charge in [-0.3, -0.25) is 5.10 Å². The summed E-state index contributed by atoms with van der Waals surface area (Å²) in [6.45, 7) is 2.79. The number of aromatic nitrogens is 4. The Balaban J connectivity index is 1.63. The molecule has 5 rings (SSSR count). The van der Waals surface area contributed by atoms with E-state index in [4.69, 9.17) is 0 Å². The van der Waals surface area contributed by atoms with Crippen molar-refractivity contribution in [2.45, 2.75) is 50.9 Å². The Bertz CT molecular complexity index is 1350. The van der Waals surface area contributed by atoms with Crippen LogP contribution in [-0.4, -0.2) is 51.1 Å². The van der Waals surface area contributed by atoms with Gasteiger partial charge in [0.2, 0.25) is 5.95 Å². The van der Waals surface area contributed by atoms with Gasteiger partial charge in [0, 0.05) is 36.0 Å². The normalized spacial score (nSPS) is 21.6. The second-order valence-electron chi connectivity index (χ2n) is 9.06. The molecule has 12 heteroatoms. The maximum Gasteiger partial charge on any atom is 0.420 e. The molecule has 1 saturated heterocycles. The molecule has 0 bridgehead atoms. The van der Waals surface area contributed by atoms with Crippen molar-refractivity contribution in [3.8, 4) is 17.5 Å². The van der Waals surface area contributed by atoms with Crippen LogP contribution in [0.15, 0.2) is 18.3 Å². The second-order valence-corrected chi connectivity index (χ2v) is 12.2. The van der Waals surface area contributed by atoms with Gasteiger partial charge in [-0.2, -0.15) is 23.5 Å². The molecule has 8 nitrogen and oxygen atoms in total. The number of anilines is 1. The maximum atomic E-state index is 13.9. The molecule has 1 aromatic carbocycles. The number of fused-ring (bicyclic) bond motifs is 1. The lowest BCUT2D eigenvalue weighted by molar-refractivity contribution is -0.137. The number of likely N-dealkylation sites (N-methyl/N-ethyl adjacent to an activating group) is 1. The second kappa shape index (κ2) is 8.92. The summed E-state index contributed by atoms with van der Waals surface area (Å²) in [6.07, 6.45) is 0.408. The van der Waals surface area contributed by atoms with E-state index in [9.17, 15) is 23.0 Å². The highest BCUT2D eigenvalue weighted by Crippen LogP contribution is 2.53. The first-order valence-electron chi connectivity index (χ1n) is 11.7. The number of alkyl halides is 3. The van der Waals surface area contributed by atoms with Crippen LogP contribution in [0.2, 0.25) is 0 Å². The Morgan fingerprint density at radius 2 is 1.97 bits per heavy atom. The Morgan fingerprint density at radius 1 is 1.23 bits per heavy atom. The highest BCUT2D eigenvalue weighted by molar-refractivity contribution is 7.72. The van der Waals surface area contributed by atoms with Gasteiger partial charge in [-0.25, -0.2) is 9.97 Å². The molecule has 3 heterocycles. The van der Waals surface area contributed by atoms with Gasteiger partial charge < -0.3 is 15.2 Å². The lowest BCUT2D eigenvalue weighted by atomic mass is 9.86. The van der Waals surface area contributed by atoms with Gasteiger partial charge in [0.15, 0.2) is 0 Å². The van der Waals surface area contributed by atoms with Gasteiger partial charge in [-0.05, 0) is 44.4 Å². The summed E-state index contributed by atoms with van der Waals surface area (Å²) in [5, 5.41) is 23.8. The van der Waals surface area contributed by atoms with E-state index in [0.717, 1.165) is 38.4 Å². The fraction of sp³-hybridized carbons (Fsp3) is 0.478. The Hall–Kier alpha value is -2.96. The van der Waals surface area contributed by atoms with Gasteiger partial charge in [0.05, 0.1) is 22.6 Å². The number of hydrogen-bond donors (Lipinski definition) is 3. The molecule has 1 aliphatic carbocycles. The van der Waals surface area contributed by atoms with Crippen LogP contribution in [0.5, 0.6) is 0 Å². The summed E-state index contributed by atoms with van der Waals surface area (Å²) in [4.78, 5) is 8.20. The van der Waals surface area contributed by atoms with Crippen LogP contribution >= 0.6 is 7.14 Å². The fourth-order valence-electron chi connectivity index (χ4n) is 5.01. The standard InChI is InChI=1S/C23H25F3N7OP/c1-2-28-16-7-8-17(16)30-22-29-12-15(23(24,25)26)20(31-22)18-14-6-5-13(11-27)21(19(14)33-32-18)35(34)9-3-4-10-35/h5-6,12,16-17,28H,2-4,7-10H2,1H3,(H,32,33)(H,29,30,31)/t16-,17-/m0/s1. The van der Waals surface area contributed by atoms with E-state index in [1.54, 1.807) is 6.07 Å². The maximum absolute atomic E-state index is 13.9. The van der Waals surface area contributed by atoms with Crippen molar-refractivity contribution in [1.29, 1.82) is 5.26 Å². The van der Waals surface area contributed by atoms with Crippen molar-refractivity contribution < 1.29 is 17.7 Å². The molecule has 1 saturated carbocycles. The first-order chi connectivity index (χ1) is 16.7. The third-order valence-electron chi connectivity index (χ3n) is 6.90. The zero-order valence-corrected chi connectivity index (χ0v) is 20.0. The van der Waals surface area contributed by atoms with Crippen LogP contribution < -0.4 is 15.9 Å². The molecule has 2 fully saturated rings. The van der Waals surface area contributed by atoms with Gasteiger partial charge in [0.25, 0.3) is 0 Å². The SMILES string of the molecule is CCN[C@H]1CC[C@@H]1Nc1ncc(C(F)(F)F)c(-c2[nH]nc3c(P4(=O)CCCC4)c(C#N)ccc23)n1. The van der Waals surface area contributed by atoms with Crippen molar-refractivity contribution in [3.63, 3.8) is 0 Å². The zero-order valence-electron chi connectivity index (χ0n) is 19.1. The first-order valence-corrected chi connectivity index (χ1v) is 13.8. The van der Waals surface area contributed by atoms with Gasteiger partial charge in [0.1, 0.15) is 23.9 Å². The molecule has 3 N–H and O–H groups in total. The summed E-state index contributed by atoms with van der Waals surface area (Å²) in [5.74, 6) is 0.0980. The molecule has 3 aromatic rings. The minimum absolute atomic E-state index is 0.0234. The number of rotatable bonds is 6. The molecular weight excluding hydrogens is 478 g/mol. The largest absolute Gasteiger partial charge is 0.420 e. The molecule has 35 heavy (non-hydrogen) atoms. The Kier molecular flexibility index (Phi) is 6.06. The number of benzene rings is 1. The number of nitrogens with one attached hydrogen (secondary N) is 3. The molecule has 2 atom stereocenters. The highest BCUT2D eigenvalue weighted by atomic mass is 31.2. The van der Waals surface area contributed by atoms with Crippen LogP contribution in [0.1, 0.15) is 43.7 Å². The summed E-state index contributed by atoms with van der Waals surface area (Å²) < 4.78 is 55.5. The summed E-state index contributed by atoms with van der Waals surface area (Å²) in [5.41, 5.74) is -0.745. The fourth-order valence-corrected chi connectivity index (χ4v) is 8.27. The predicted molar refractivity (Wildman–Crippen MR) is 127 cm³/mol. The average Bonchev–Trinajstić information content (AvgIpc) is 3.45. The van der Waals surface area contributed by atoms with E-state index < -0.39 is 18.9 Å². The smallest absolute Gasteiger partial charge is 0.350 e. The number of nitrogens with zero attached hydrogens (tertiary/aromatic N) is 4. The monoisotopic (exact) mass is 503 g/mol. The summed E-state index contributed by atoms with van der Waals surface area (Å²) in [6, 6.07) is 5.37. The topological polar surface area (TPSA) is 119 Å². The lowest BCUT2D eigenvalue weighted by Crippen LogP contribution is -2.52. The molecule has 0 amide bonds. The molecule has 2 aliphatic rings. The van der Waals surface area contributed by atoms with Gasteiger partial charge in [-0.15, -0.1) is 0 Å². The highest BCUT2D eigenvalue weighted by Gasteiger charge is 2.39. The van der Waals surface area contributed by atoms with Crippen LogP contribution in [0, 0.1) is 11.3 Å².